The van der Waals surface area contributed by atoms with Gasteiger partial charge in [-0.3, -0.25) is 4.79 Å². The van der Waals surface area contributed by atoms with Crippen molar-refractivity contribution in [3.8, 4) is 0 Å². The number of nitrogens with zero attached hydrogens (tertiary/aromatic N) is 1. The number of fused-ring (bicyclic) bond motifs is 1. The number of nitrogens with two attached hydrogens (primary N) is 1. The minimum atomic E-state index is 0.195. The highest BCUT2D eigenvalue weighted by molar-refractivity contribution is 5.88. The standard InChI is InChI=1S/C17H23N3O/c1-20(14-8-6-13(18)7-9-14)17(21)10-12-11-19-16-5-3-2-4-15(12)16/h2-5,11,13-14,19H,6-10,18H2,1H3. The van der Waals surface area contributed by atoms with E-state index in [1.165, 1.54) is 0 Å². The molecule has 1 aliphatic carbocycles. The Morgan fingerprint density at radius 3 is 2.76 bits per heavy atom. The number of carbonyl (C=O) groups excluding carboxylic acids is 1. The number of rotatable bonds is 3. The van der Waals surface area contributed by atoms with Crippen molar-refractivity contribution in [1.82, 2.24) is 9.88 Å². The molecule has 112 valence electrons. The van der Waals surface area contributed by atoms with Gasteiger partial charge in [-0.25, -0.2) is 0 Å². The van der Waals surface area contributed by atoms with Gasteiger partial charge in [-0.15, -0.1) is 0 Å². The number of likely N-dealkylation sites (N-methyl/N-ethyl adjacent to an activating group) is 1. The van der Waals surface area contributed by atoms with E-state index in [0.717, 1.165) is 42.1 Å². The fraction of sp³-hybridized carbons (Fsp3) is 0.471. The Morgan fingerprint density at radius 1 is 1.29 bits per heavy atom. The summed E-state index contributed by atoms with van der Waals surface area (Å²) < 4.78 is 0. The molecule has 0 saturated heterocycles. The van der Waals surface area contributed by atoms with Gasteiger partial charge >= 0.3 is 0 Å². The average molecular weight is 285 g/mol. The lowest BCUT2D eigenvalue weighted by Gasteiger charge is -2.33. The molecule has 2 aromatic rings. The van der Waals surface area contributed by atoms with Crippen molar-refractivity contribution in [1.29, 1.82) is 0 Å². The smallest absolute Gasteiger partial charge is 0.227 e. The van der Waals surface area contributed by atoms with E-state index in [-0.39, 0.29) is 5.91 Å². The van der Waals surface area contributed by atoms with E-state index >= 15 is 0 Å². The molecule has 21 heavy (non-hydrogen) atoms. The van der Waals surface area contributed by atoms with Gasteiger partial charge in [0.1, 0.15) is 0 Å². The van der Waals surface area contributed by atoms with Crippen LogP contribution >= 0.6 is 0 Å². The second-order valence-corrected chi connectivity index (χ2v) is 6.11. The van der Waals surface area contributed by atoms with E-state index in [9.17, 15) is 4.79 Å². The lowest BCUT2D eigenvalue weighted by atomic mass is 9.91. The van der Waals surface area contributed by atoms with Crippen molar-refractivity contribution in [2.24, 2.45) is 5.73 Å². The first-order valence-electron chi connectivity index (χ1n) is 7.71. The van der Waals surface area contributed by atoms with Gasteiger partial charge in [0.15, 0.2) is 0 Å². The lowest BCUT2D eigenvalue weighted by molar-refractivity contribution is -0.131. The Hall–Kier alpha value is -1.81. The third-order valence-corrected chi connectivity index (χ3v) is 4.70. The number of nitrogens with one attached hydrogen (secondary N) is 1. The van der Waals surface area contributed by atoms with Crippen molar-refractivity contribution in [2.75, 3.05) is 7.05 Å². The Kier molecular flexibility index (Phi) is 3.97. The minimum absolute atomic E-state index is 0.195. The number of hydrogen-bond acceptors (Lipinski definition) is 2. The van der Waals surface area contributed by atoms with Crippen molar-refractivity contribution in [2.45, 2.75) is 44.2 Å². The van der Waals surface area contributed by atoms with Crippen LogP contribution < -0.4 is 5.73 Å². The number of H-pyrrole nitrogens is 1. The van der Waals surface area contributed by atoms with Crippen LogP contribution in [0.25, 0.3) is 10.9 Å². The third-order valence-electron chi connectivity index (χ3n) is 4.70. The summed E-state index contributed by atoms with van der Waals surface area (Å²) in [5.74, 6) is 0.195. The van der Waals surface area contributed by atoms with Crippen LogP contribution in [0.4, 0.5) is 0 Å². The zero-order valence-corrected chi connectivity index (χ0v) is 12.5. The molecule has 1 fully saturated rings. The molecule has 1 aromatic carbocycles. The highest BCUT2D eigenvalue weighted by Crippen LogP contribution is 2.23. The SMILES string of the molecule is CN(C(=O)Cc1c[nH]c2ccccc12)C1CCC(N)CC1. The van der Waals surface area contributed by atoms with Crippen LogP contribution in [0.2, 0.25) is 0 Å². The summed E-state index contributed by atoms with van der Waals surface area (Å²) in [6, 6.07) is 8.78. The van der Waals surface area contributed by atoms with E-state index in [1.54, 1.807) is 0 Å². The molecule has 0 bridgehead atoms. The highest BCUT2D eigenvalue weighted by Gasteiger charge is 2.25. The van der Waals surface area contributed by atoms with Gasteiger partial charge in [0, 0.05) is 36.2 Å². The first-order chi connectivity index (χ1) is 10.1. The van der Waals surface area contributed by atoms with Gasteiger partial charge in [0.2, 0.25) is 5.91 Å². The molecule has 1 amide bonds. The Bertz CT molecular complexity index is 626. The average Bonchev–Trinajstić information content (AvgIpc) is 2.91. The van der Waals surface area contributed by atoms with E-state index in [2.05, 4.69) is 11.1 Å². The van der Waals surface area contributed by atoms with Crippen LogP contribution in [0.5, 0.6) is 0 Å². The third kappa shape index (κ3) is 2.95. The molecule has 3 N–H and O–H groups in total. The monoisotopic (exact) mass is 285 g/mol. The Labute approximate surface area is 125 Å². The maximum absolute atomic E-state index is 12.5. The molecule has 0 radical (unpaired) electrons. The van der Waals surface area contributed by atoms with Gasteiger partial charge in [0.05, 0.1) is 6.42 Å². The number of hydrogen-bond donors (Lipinski definition) is 2. The molecule has 3 rings (SSSR count). The summed E-state index contributed by atoms with van der Waals surface area (Å²) in [6.45, 7) is 0. The molecule has 1 heterocycles. The number of amides is 1. The normalized spacial score (nSPS) is 22.4. The number of para-hydroxylation sites is 1. The summed E-state index contributed by atoms with van der Waals surface area (Å²) in [5.41, 5.74) is 8.11. The van der Waals surface area contributed by atoms with E-state index in [0.29, 0.717) is 18.5 Å². The Balaban J connectivity index is 1.68. The van der Waals surface area contributed by atoms with Gasteiger partial charge in [0.25, 0.3) is 0 Å². The molecule has 1 aromatic heterocycles. The molecule has 0 atom stereocenters. The number of benzene rings is 1. The molecule has 0 unspecified atom stereocenters. The lowest BCUT2D eigenvalue weighted by Crippen LogP contribution is -2.42. The maximum Gasteiger partial charge on any atom is 0.227 e. The van der Waals surface area contributed by atoms with Crippen LogP contribution in [-0.2, 0) is 11.2 Å². The number of aromatic nitrogens is 1. The van der Waals surface area contributed by atoms with Crippen molar-refractivity contribution in [3.05, 3.63) is 36.0 Å². The largest absolute Gasteiger partial charge is 0.361 e. The Morgan fingerprint density at radius 2 is 2.00 bits per heavy atom. The molecule has 4 heteroatoms. The second-order valence-electron chi connectivity index (χ2n) is 6.11. The first-order valence-corrected chi connectivity index (χ1v) is 7.71. The molecule has 1 saturated carbocycles. The first kappa shape index (κ1) is 14.1. The maximum atomic E-state index is 12.5. The summed E-state index contributed by atoms with van der Waals surface area (Å²) in [4.78, 5) is 17.7. The van der Waals surface area contributed by atoms with Crippen LogP contribution in [0.3, 0.4) is 0 Å². The van der Waals surface area contributed by atoms with E-state index in [1.807, 2.05) is 36.3 Å². The molecule has 0 aliphatic heterocycles. The van der Waals surface area contributed by atoms with Crippen LogP contribution in [0.15, 0.2) is 30.5 Å². The minimum Gasteiger partial charge on any atom is -0.361 e. The fourth-order valence-electron chi connectivity index (χ4n) is 3.26. The molecule has 4 nitrogen and oxygen atoms in total. The van der Waals surface area contributed by atoms with Crippen molar-refractivity contribution < 1.29 is 4.79 Å². The van der Waals surface area contributed by atoms with E-state index < -0.39 is 0 Å². The fourth-order valence-corrected chi connectivity index (χ4v) is 3.26. The van der Waals surface area contributed by atoms with Crippen molar-refractivity contribution in [3.63, 3.8) is 0 Å². The summed E-state index contributed by atoms with van der Waals surface area (Å²) in [7, 11) is 1.93. The second kappa shape index (κ2) is 5.90. The molecular weight excluding hydrogens is 262 g/mol. The van der Waals surface area contributed by atoms with Crippen LogP contribution in [0.1, 0.15) is 31.2 Å². The summed E-state index contributed by atoms with van der Waals surface area (Å²) in [6.07, 6.45) is 6.51. The van der Waals surface area contributed by atoms with Gasteiger partial charge in [-0.05, 0) is 37.3 Å². The van der Waals surface area contributed by atoms with Gasteiger partial charge < -0.3 is 15.6 Å². The quantitative estimate of drug-likeness (QED) is 0.910. The van der Waals surface area contributed by atoms with Crippen molar-refractivity contribution >= 4 is 16.8 Å². The summed E-state index contributed by atoms with van der Waals surface area (Å²) >= 11 is 0. The topological polar surface area (TPSA) is 62.1 Å². The molecule has 0 spiro atoms. The van der Waals surface area contributed by atoms with Crippen LogP contribution in [-0.4, -0.2) is 34.9 Å². The number of aromatic amines is 1. The van der Waals surface area contributed by atoms with Gasteiger partial charge in [-0.2, -0.15) is 0 Å². The van der Waals surface area contributed by atoms with Crippen LogP contribution in [0, 0.1) is 0 Å². The number of carbonyl (C=O) groups is 1. The summed E-state index contributed by atoms with van der Waals surface area (Å²) in [5, 5.41) is 1.14. The molecular formula is C17H23N3O. The zero-order chi connectivity index (χ0) is 14.8. The predicted molar refractivity (Wildman–Crippen MR) is 85.0 cm³/mol. The van der Waals surface area contributed by atoms with E-state index in [4.69, 9.17) is 5.73 Å². The zero-order valence-electron chi connectivity index (χ0n) is 12.5. The van der Waals surface area contributed by atoms with Gasteiger partial charge in [-0.1, -0.05) is 18.2 Å². The molecule has 1 aliphatic rings. The highest BCUT2D eigenvalue weighted by atomic mass is 16.2. The predicted octanol–water partition coefficient (Wildman–Crippen LogP) is 2.44.